The lowest BCUT2D eigenvalue weighted by Crippen LogP contribution is -2.35. The monoisotopic (exact) mass is 500 g/mol. The number of sulfonamides is 1. The van der Waals surface area contributed by atoms with Crippen LogP contribution in [0.4, 0.5) is 0 Å². The molecule has 0 saturated carbocycles. The Labute approximate surface area is 168 Å². The Balaban J connectivity index is 0.00000288. The third kappa shape index (κ3) is 5.69. The van der Waals surface area contributed by atoms with Gasteiger partial charge in [0.1, 0.15) is 4.21 Å². The zero-order chi connectivity index (χ0) is 16.9. The van der Waals surface area contributed by atoms with Crippen LogP contribution in [-0.4, -0.2) is 39.8 Å². The standard InChI is InChI=1S/C14H20N4O2S3.HI/c1-15-14(16-9-11-5-4-8-21-11)17-10-12-6-7-13(22-12)23(19,20)18(2)3;/h4-8H,9-10H2,1-3H3,(H2,15,16,17);1H. The summed E-state index contributed by atoms with van der Waals surface area (Å²) in [6.07, 6.45) is 0. The largest absolute Gasteiger partial charge is 0.352 e. The molecule has 0 saturated heterocycles. The number of hydrogen-bond acceptors (Lipinski definition) is 5. The molecule has 2 heterocycles. The molecule has 6 nitrogen and oxygen atoms in total. The lowest BCUT2D eigenvalue weighted by atomic mass is 10.4. The van der Waals surface area contributed by atoms with Crippen LogP contribution in [0.5, 0.6) is 0 Å². The van der Waals surface area contributed by atoms with Crippen molar-refractivity contribution >= 4 is 62.6 Å². The maximum Gasteiger partial charge on any atom is 0.252 e. The van der Waals surface area contributed by atoms with E-state index in [9.17, 15) is 8.42 Å². The van der Waals surface area contributed by atoms with Crippen LogP contribution in [0, 0.1) is 0 Å². The molecule has 0 aromatic carbocycles. The summed E-state index contributed by atoms with van der Waals surface area (Å²) in [5.74, 6) is 0.684. The molecular weight excluding hydrogens is 479 g/mol. The van der Waals surface area contributed by atoms with Gasteiger partial charge < -0.3 is 10.6 Å². The molecule has 2 rings (SSSR count). The number of nitrogens with one attached hydrogen (secondary N) is 2. The Morgan fingerprint density at radius 2 is 1.83 bits per heavy atom. The van der Waals surface area contributed by atoms with Crippen LogP contribution in [0.25, 0.3) is 0 Å². The Kier molecular flexibility index (Phi) is 8.63. The molecule has 0 amide bonds. The van der Waals surface area contributed by atoms with Gasteiger partial charge in [-0.15, -0.1) is 46.7 Å². The molecule has 0 unspecified atom stereocenters. The zero-order valence-electron chi connectivity index (χ0n) is 13.6. The Morgan fingerprint density at radius 3 is 2.38 bits per heavy atom. The van der Waals surface area contributed by atoms with E-state index in [-0.39, 0.29) is 24.0 Å². The van der Waals surface area contributed by atoms with Gasteiger partial charge in [-0.05, 0) is 23.6 Å². The lowest BCUT2D eigenvalue weighted by molar-refractivity contribution is 0.523. The van der Waals surface area contributed by atoms with Gasteiger partial charge in [-0.2, -0.15) is 0 Å². The van der Waals surface area contributed by atoms with Crippen molar-refractivity contribution in [3.63, 3.8) is 0 Å². The first kappa shape index (κ1) is 21.4. The normalized spacial score (nSPS) is 12.1. The van der Waals surface area contributed by atoms with Crippen molar-refractivity contribution in [2.75, 3.05) is 21.1 Å². The van der Waals surface area contributed by atoms with Crippen LogP contribution in [-0.2, 0) is 23.1 Å². The van der Waals surface area contributed by atoms with Crippen molar-refractivity contribution < 1.29 is 8.42 Å². The highest BCUT2D eigenvalue weighted by Gasteiger charge is 2.19. The van der Waals surface area contributed by atoms with Crippen molar-refractivity contribution in [2.45, 2.75) is 17.3 Å². The molecule has 24 heavy (non-hydrogen) atoms. The highest BCUT2D eigenvalue weighted by atomic mass is 127. The van der Waals surface area contributed by atoms with Gasteiger partial charge in [-0.1, -0.05) is 6.07 Å². The minimum absolute atomic E-state index is 0. The number of hydrogen-bond donors (Lipinski definition) is 2. The van der Waals surface area contributed by atoms with E-state index in [2.05, 4.69) is 21.7 Å². The lowest BCUT2D eigenvalue weighted by Gasteiger charge is -2.10. The summed E-state index contributed by atoms with van der Waals surface area (Å²) in [5, 5.41) is 8.45. The molecule has 0 aliphatic heterocycles. The van der Waals surface area contributed by atoms with E-state index in [0.29, 0.717) is 23.3 Å². The predicted octanol–water partition coefficient (Wildman–Crippen LogP) is 2.54. The summed E-state index contributed by atoms with van der Waals surface area (Å²) < 4.78 is 25.7. The maximum atomic E-state index is 12.1. The van der Waals surface area contributed by atoms with E-state index in [0.717, 1.165) is 4.88 Å². The Hall–Kier alpha value is -0.690. The van der Waals surface area contributed by atoms with Crippen LogP contribution in [0.1, 0.15) is 9.75 Å². The smallest absolute Gasteiger partial charge is 0.252 e. The van der Waals surface area contributed by atoms with Crippen molar-refractivity contribution in [1.82, 2.24) is 14.9 Å². The van der Waals surface area contributed by atoms with E-state index in [1.807, 2.05) is 17.5 Å². The van der Waals surface area contributed by atoms with Crippen LogP contribution in [0.3, 0.4) is 0 Å². The SMILES string of the molecule is CN=C(NCc1cccs1)NCc1ccc(S(=O)(=O)N(C)C)s1.I. The average molecular weight is 500 g/mol. The first-order chi connectivity index (χ1) is 10.9. The highest BCUT2D eigenvalue weighted by Crippen LogP contribution is 2.23. The second-order valence-corrected chi connectivity index (χ2v) is 9.45. The van der Waals surface area contributed by atoms with Gasteiger partial charge in [0.05, 0.1) is 13.1 Å². The molecule has 134 valence electrons. The number of aliphatic imine (C=N–C) groups is 1. The van der Waals surface area contributed by atoms with Crippen molar-refractivity contribution in [2.24, 2.45) is 4.99 Å². The predicted molar refractivity (Wildman–Crippen MR) is 112 cm³/mol. The van der Waals surface area contributed by atoms with Crippen molar-refractivity contribution in [1.29, 1.82) is 0 Å². The summed E-state index contributed by atoms with van der Waals surface area (Å²) in [5.41, 5.74) is 0. The van der Waals surface area contributed by atoms with Gasteiger partial charge in [0.15, 0.2) is 5.96 Å². The topological polar surface area (TPSA) is 73.8 Å². The van der Waals surface area contributed by atoms with Crippen LogP contribution >= 0.6 is 46.7 Å². The number of nitrogens with zero attached hydrogens (tertiary/aromatic N) is 2. The third-order valence-electron chi connectivity index (χ3n) is 3.04. The van der Waals surface area contributed by atoms with Crippen LogP contribution in [0.15, 0.2) is 38.8 Å². The second-order valence-electron chi connectivity index (χ2n) is 4.87. The van der Waals surface area contributed by atoms with Gasteiger partial charge in [-0.3, -0.25) is 4.99 Å². The molecule has 10 heteroatoms. The fourth-order valence-electron chi connectivity index (χ4n) is 1.75. The molecule has 2 aromatic heterocycles. The number of thiophene rings is 2. The fourth-order valence-corrected chi connectivity index (χ4v) is 4.86. The average Bonchev–Trinajstić information content (AvgIpc) is 3.18. The Morgan fingerprint density at radius 1 is 1.17 bits per heavy atom. The van der Waals surface area contributed by atoms with Gasteiger partial charge in [0.25, 0.3) is 10.0 Å². The third-order valence-corrected chi connectivity index (χ3v) is 7.28. The fraction of sp³-hybridized carbons (Fsp3) is 0.357. The first-order valence-electron chi connectivity index (χ1n) is 6.91. The van der Waals surface area contributed by atoms with Gasteiger partial charge in [0.2, 0.25) is 0 Å². The summed E-state index contributed by atoms with van der Waals surface area (Å²) in [7, 11) is 1.41. The summed E-state index contributed by atoms with van der Waals surface area (Å²) >= 11 is 2.95. The highest BCUT2D eigenvalue weighted by molar-refractivity contribution is 14.0. The summed E-state index contributed by atoms with van der Waals surface area (Å²) in [6.45, 7) is 1.24. The summed E-state index contributed by atoms with van der Waals surface area (Å²) in [6, 6.07) is 7.53. The van der Waals surface area contributed by atoms with Gasteiger partial charge in [0, 0.05) is 30.9 Å². The van der Waals surface area contributed by atoms with Gasteiger partial charge in [-0.25, -0.2) is 12.7 Å². The van der Waals surface area contributed by atoms with Crippen LogP contribution in [0.2, 0.25) is 0 Å². The van der Waals surface area contributed by atoms with E-state index in [1.165, 1.54) is 34.6 Å². The van der Waals surface area contributed by atoms with Crippen molar-refractivity contribution in [3.05, 3.63) is 39.4 Å². The molecule has 0 atom stereocenters. The van der Waals surface area contributed by atoms with E-state index < -0.39 is 10.0 Å². The second kappa shape index (κ2) is 9.70. The quantitative estimate of drug-likeness (QED) is 0.363. The van der Waals surface area contributed by atoms with E-state index >= 15 is 0 Å². The molecule has 2 N–H and O–H groups in total. The molecule has 0 spiro atoms. The molecule has 0 fully saturated rings. The minimum Gasteiger partial charge on any atom is -0.352 e. The zero-order valence-corrected chi connectivity index (χ0v) is 18.4. The van der Waals surface area contributed by atoms with E-state index in [1.54, 1.807) is 24.5 Å². The van der Waals surface area contributed by atoms with E-state index in [4.69, 9.17) is 0 Å². The molecule has 0 bridgehead atoms. The van der Waals surface area contributed by atoms with Crippen LogP contribution < -0.4 is 10.6 Å². The molecule has 0 aliphatic rings. The summed E-state index contributed by atoms with van der Waals surface area (Å²) in [4.78, 5) is 6.32. The molecular formula is C14H21IN4O2S3. The number of halogens is 1. The molecule has 0 aliphatic carbocycles. The van der Waals surface area contributed by atoms with Gasteiger partial charge >= 0.3 is 0 Å². The molecule has 0 radical (unpaired) electrons. The first-order valence-corrected chi connectivity index (χ1v) is 10.0. The molecule has 2 aromatic rings. The number of rotatable bonds is 6. The Bertz CT molecular complexity index is 755. The maximum absolute atomic E-state index is 12.1. The minimum atomic E-state index is -3.36. The van der Waals surface area contributed by atoms with Crippen molar-refractivity contribution in [3.8, 4) is 0 Å². The number of guanidine groups is 1.